The topological polar surface area (TPSA) is 83.9 Å². The van der Waals surface area contributed by atoms with Crippen LogP contribution in [0.25, 0.3) is 17.7 Å². The Morgan fingerprint density at radius 3 is 2.64 bits per heavy atom. The summed E-state index contributed by atoms with van der Waals surface area (Å²) in [5, 5.41) is 0. The number of allylic oxidation sites excluding steroid dienone is 2. The van der Waals surface area contributed by atoms with Gasteiger partial charge in [0.05, 0.1) is 18.6 Å². The van der Waals surface area contributed by atoms with Crippen LogP contribution in [0.4, 0.5) is 5.69 Å². The van der Waals surface area contributed by atoms with Crippen LogP contribution in [0, 0.1) is 6.92 Å². The molecule has 1 amide bonds. The lowest BCUT2D eigenvalue weighted by Gasteiger charge is -2.21. The van der Waals surface area contributed by atoms with Crippen molar-refractivity contribution in [2.45, 2.75) is 20.8 Å². The monoisotopic (exact) mass is 469 g/mol. The lowest BCUT2D eigenvalue weighted by Crippen LogP contribution is -2.18. The quantitative estimate of drug-likeness (QED) is 0.297. The van der Waals surface area contributed by atoms with Crippen LogP contribution < -0.4 is 10.7 Å². The molecule has 2 aromatic rings. The minimum Gasteiger partial charge on any atom is -0.408 e. The highest BCUT2D eigenvalue weighted by atomic mass is 32.2. The number of nitrogens with zero attached hydrogens (tertiary/aromatic N) is 5. The van der Waals surface area contributed by atoms with Gasteiger partial charge in [0.2, 0.25) is 6.41 Å². The highest BCUT2D eigenvalue weighted by molar-refractivity contribution is 8.02. The standard InChI is InChI=1S/C24H31N5O3S/c1-9-20-22(32-24(31)28(20)7)12-16(2)29(15-30)14-25-13-19(18(4)33-8)23-17(3)26-11-10-21(23)27(5)6/h9-12,14-15H,1,13H2,2-8H3/b16-12+,19-18-,25-14?. The molecular weight excluding hydrogens is 438 g/mol. The normalized spacial score (nSPS) is 12.6. The van der Waals surface area contributed by atoms with Crippen molar-refractivity contribution in [3.05, 3.63) is 62.7 Å². The van der Waals surface area contributed by atoms with E-state index in [1.165, 1.54) is 21.9 Å². The maximum atomic E-state index is 11.8. The van der Waals surface area contributed by atoms with E-state index >= 15 is 0 Å². The number of carbonyl (C=O) groups is 1. The molecule has 2 rings (SSSR count). The molecule has 0 saturated heterocycles. The number of thioether (sulfide) groups is 1. The van der Waals surface area contributed by atoms with Gasteiger partial charge in [0, 0.05) is 56.1 Å². The number of rotatable bonds is 10. The van der Waals surface area contributed by atoms with Crippen LogP contribution in [0.5, 0.6) is 0 Å². The fourth-order valence-corrected chi connectivity index (χ4v) is 3.71. The maximum Gasteiger partial charge on any atom is 0.419 e. The van der Waals surface area contributed by atoms with Gasteiger partial charge in [-0.25, -0.2) is 4.79 Å². The first kappa shape index (κ1) is 25.9. The third kappa shape index (κ3) is 5.92. The summed E-state index contributed by atoms with van der Waals surface area (Å²) in [5.41, 5.74) is 5.14. The first-order valence-corrected chi connectivity index (χ1v) is 11.5. The highest BCUT2D eigenvalue weighted by Crippen LogP contribution is 2.33. The average Bonchev–Trinajstić information content (AvgIpc) is 3.05. The summed E-state index contributed by atoms with van der Waals surface area (Å²) in [7, 11) is 5.59. The molecule has 0 atom stereocenters. The summed E-state index contributed by atoms with van der Waals surface area (Å²) in [6.45, 7) is 9.85. The van der Waals surface area contributed by atoms with Gasteiger partial charge in [-0.3, -0.25) is 24.2 Å². The number of aryl methyl sites for hydroxylation is 1. The smallest absolute Gasteiger partial charge is 0.408 e. The molecule has 0 saturated carbocycles. The lowest BCUT2D eigenvalue weighted by molar-refractivity contribution is -0.113. The Hall–Kier alpha value is -3.33. The summed E-state index contributed by atoms with van der Waals surface area (Å²) in [5.74, 6) is -0.170. The van der Waals surface area contributed by atoms with Crippen LogP contribution in [-0.4, -0.2) is 54.1 Å². The first-order valence-electron chi connectivity index (χ1n) is 10.3. The minimum atomic E-state index is -0.499. The van der Waals surface area contributed by atoms with Gasteiger partial charge < -0.3 is 9.32 Å². The van der Waals surface area contributed by atoms with Gasteiger partial charge in [-0.1, -0.05) is 6.58 Å². The van der Waals surface area contributed by atoms with E-state index in [2.05, 4.69) is 28.4 Å². The fraction of sp³-hybridized carbons (Fsp3) is 0.333. The van der Waals surface area contributed by atoms with Gasteiger partial charge in [-0.2, -0.15) is 0 Å². The molecule has 0 unspecified atom stereocenters. The molecule has 0 aromatic carbocycles. The third-order valence-electron chi connectivity index (χ3n) is 5.23. The zero-order valence-corrected chi connectivity index (χ0v) is 21.1. The van der Waals surface area contributed by atoms with E-state index in [0.29, 0.717) is 30.1 Å². The predicted octanol–water partition coefficient (Wildman–Crippen LogP) is 4.03. The van der Waals surface area contributed by atoms with Crippen molar-refractivity contribution in [2.24, 2.45) is 12.0 Å². The van der Waals surface area contributed by atoms with Gasteiger partial charge in [-0.15, -0.1) is 11.8 Å². The Labute approximate surface area is 199 Å². The van der Waals surface area contributed by atoms with Gasteiger partial charge in [-0.05, 0) is 49.6 Å². The van der Waals surface area contributed by atoms with Crippen molar-refractivity contribution >= 4 is 47.9 Å². The van der Waals surface area contributed by atoms with E-state index in [4.69, 9.17) is 4.42 Å². The number of hydrogen-bond donors (Lipinski definition) is 0. The molecule has 0 aliphatic heterocycles. The highest BCUT2D eigenvalue weighted by Gasteiger charge is 2.16. The van der Waals surface area contributed by atoms with Crippen molar-refractivity contribution < 1.29 is 9.21 Å². The summed E-state index contributed by atoms with van der Waals surface area (Å²) in [6, 6.07) is 1.98. The zero-order chi connectivity index (χ0) is 24.7. The van der Waals surface area contributed by atoms with E-state index < -0.39 is 5.76 Å². The molecule has 9 heteroatoms. The molecule has 33 heavy (non-hydrogen) atoms. The van der Waals surface area contributed by atoms with Crippen molar-refractivity contribution in [2.75, 3.05) is 31.8 Å². The number of aliphatic imine (C=N–C) groups is 1. The van der Waals surface area contributed by atoms with E-state index in [1.54, 1.807) is 38.0 Å². The average molecular weight is 470 g/mol. The number of aromatic nitrogens is 2. The number of anilines is 1. The lowest BCUT2D eigenvalue weighted by atomic mass is 10.0. The molecular formula is C24H31N5O3S. The summed E-state index contributed by atoms with van der Waals surface area (Å²) in [6.07, 6.45) is 9.10. The summed E-state index contributed by atoms with van der Waals surface area (Å²) < 4.78 is 6.60. The molecule has 0 aliphatic rings. The Balaban J connectivity index is 2.39. The molecule has 0 spiro atoms. The van der Waals surface area contributed by atoms with E-state index in [1.807, 2.05) is 33.3 Å². The first-order chi connectivity index (χ1) is 15.7. The number of hydrogen-bond acceptors (Lipinski definition) is 7. The van der Waals surface area contributed by atoms with Crippen LogP contribution in [-0.2, 0) is 11.8 Å². The molecule has 8 nitrogen and oxygen atoms in total. The van der Waals surface area contributed by atoms with Gasteiger partial charge >= 0.3 is 5.76 Å². The Morgan fingerprint density at radius 1 is 1.36 bits per heavy atom. The second-order valence-electron chi connectivity index (χ2n) is 7.56. The van der Waals surface area contributed by atoms with Crippen LogP contribution in [0.1, 0.15) is 36.6 Å². The molecule has 0 bridgehead atoms. The molecule has 2 aromatic heterocycles. The number of amides is 1. The third-order valence-corrected chi connectivity index (χ3v) is 6.09. The second-order valence-corrected chi connectivity index (χ2v) is 8.58. The van der Waals surface area contributed by atoms with Gasteiger partial charge in [0.15, 0.2) is 5.76 Å². The molecule has 176 valence electrons. The van der Waals surface area contributed by atoms with Crippen molar-refractivity contribution in [1.82, 2.24) is 14.5 Å². The SMILES string of the molecule is C=Cc1c(/C=C(\C)N(C=O)C=NC/C(=C(\C)SC)c2c(N(C)C)ccnc2C)oc(=O)n1C. The number of oxazole rings is 1. The fourth-order valence-electron chi connectivity index (χ4n) is 3.29. The van der Waals surface area contributed by atoms with Crippen molar-refractivity contribution in [3.63, 3.8) is 0 Å². The Morgan fingerprint density at radius 2 is 2.06 bits per heavy atom. The number of pyridine rings is 1. The Kier molecular flexibility index (Phi) is 9.04. The van der Waals surface area contributed by atoms with E-state index in [-0.39, 0.29) is 0 Å². The summed E-state index contributed by atoms with van der Waals surface area (Å²) in [4.78, 5) is 37.1. The van der Waals surface area contributed by atoms with Crippen LogP contribution in [0.15, 0.2) is 43.6 Å². The zero-order valence-electron chi connectivity index (χ0n) is 20.2. The van der Waals surface area contributed by atoms with E-state index in [9.17, 15) is 9.59 Å². The number of carbonyl (C=O) groups excluding carboxylic acids is 1. The maximum absolute atomic E-state index is 11.8. The Bertz CT molecular complexity index is 1170. The molecule has 0 fully saturated rings. The molecule has 0 aliphatic carbocycles. The largest absolute Gasteiger partial charge is 0.419 e. The molecule has 0 N–H and O–H groups in total. The van der Waals surface area contributed by atoms with Crippen molar-refractivity contribution in [1.29, 1.82) is 0 Å². The molecule has 2 heterocycles. The minimum absolute atomic E-state index is 0.329. The van der Waals surface area contributed by atoms with Gasteiger partial charge in [0.1, 0.15) is 0 Å². The van der Waals surface area contributed by atoms with Gasteiger partial charge in [0.25, 0.3) is 0 Å². The van der Waals surface area contributed by atoms with Crippen LogP contribution in [0.2, 0.25) is 0 Å². The molecule has 0 radical (unpaired) electrons. The second kappa shape index (κ2) is 11.5. The van der Waals surface area contributed by atoms with E-state index in [0.717, 1.165) is 27.4 Å². The summed E-state index contributed by atoms with van der Waals surface area (Å²) >= 11 is 1.65. The van der Waals surface area contributed by atoms with Crippen LogP contribution >= 0.6 is 11.8 Å². The predicted molar refractivity (Wildman–Crippen MR) is 138 cm³/mol. The van der Waals surface area contributed by atoms with Crippen molar-refractivity contribution in [3.8, 4) is 0 Å². The van der Waals surface area contributed by atoms with Crippen LogP contribution in [0.3, 0.4) is 0 Å².